The number of benzene rings is 2. The summed E-state index contributed by atoms with van der Waals surface area (Å²) in [6.07, 6.45) is 2.55. The molecule has 0 saturated carbocycles. The molecule has 1 fully saturated rings. The molecule has 1 aliphatic rings. The first-order valence-electron chi connectivity index (χ1n) is 8.88. The van der Waals surface area contributed by atoms with Crippen LogP contribution in [0.3, 0.4) is 0 Å². The largest absolute Gasteiger partial charge is 0.497 e. The Bertz CT molecular complexity index is 935. The van der Waals surface area contributed by atoms with Gasteiger partial charge in [-0.05, 0) is 36.2 Å². The Morgan fingerprint density at radius 3 is 2.63 bits per heavy atom. The highest BCUT2D eigenvalue weighted by Crippen LogP contribution is 2.31. The van der Waals surface area contributed by atoms with E-state index in [0.29, 0.717) is 23.0 Å². The van der Waals surface area contributed by atoms with Crippen LogP contribution in [-0.2, 0) is 0 Å². The summed E-state index contributed by atoms with van der Waals surface area (Å²) in [5.41, 5.74) is 3.44. The Hall–Kier alpha value is -2.79. The van der Waals surface area contributed by atoms with E-state index in [1.807, 2.05) is 41.3 Å². The van der Waals surface area contributed by atoms with Crippen LogP contribution < -0.4 is 4.74 Å². The molecule has 3 aromatic rings. The number of ether oxygens (including phenoxy) is 1. The molecular formula is C21H20ClN3O2. The standard InChI is InChI=1S/C21H20ClN3O2/c1-27-18-8-4-14(5-9-18)16-10-11-25(13-16)21(26)19-12-23-24-20(19)15-2-6-17(22)7-3-15/h2-9,12,16H,10-11,13H2,1H3,(H,23,24). The molecule has 4 rings (SSSR count). The number of rotatable bonds is 4. The van der Waals surface area contributed by atoms with Gasteiger partial charge in [-0.1, -0.05) is 35.9 Å². The van der Waals surface area contributed by atoms with Crippen LogP contribution in [-0.4, -0.2) is 41.2 Å². The zero-order valence-electron chi connectivity index (χ0n) is 15.0. The summed E-state index contributed by atoms with van der Waals surface area (Å²) in [5.74, 6) is 1.19. The molecule has 1 aromatic heterocycles. The normalized spacial score (nSPS) is 16.5. The van der Waals surface area contributed by atoms with Gasteiger partial charge in [0, 0.05) is 29.6 Å². The SMILES string of the molecule is COc1ccc(C2CCN(C(=O)c3cn[nH]c3-c3ccc(Cl)cc3)C2)cc1. The van der Waals surface area contributed by atoms with Gasteiger partial charge < -0.3 is 9.64 Å². The minimum atomic E-state index is 0.00436. The summed E-state index contributed by atoms with van der Waals surface area (Å²) >= 11 is 5.96. The van der Waals surface area contributed by atoms with E-state index >= 15 is 0 Å². The Morgan fingerprint density at radius 1 is 1.19 bits per heavy atom. The predicted octanol–water partition coefficient (Wildman–Crippen LogP) is 4.37. The number of hydrogen-bond donors (Lipinski definition) is 1. The number of carbonyl (C=O) groups excluding carboxylic acids is 1. The minimum absolute atomic E-state index is 0.00436. The van der Waals surface area contributed by atoms with E-state index in [1.54, 1.807) is 13.3 Å². The van der Waals surface area contributed by atoms with Crippen molar-refractivity contribution in [3.8, 4) is 17.0 Å². The number of amides is 1. The number of H-pyrrole nitrogens is 1. The lowest BCUT2D eigenvalue weighted by molar-refractivity contribution is 0.0791. The maximum atomic E-state index is 13.1. The first kappa shape index (κ1) is 17.6. The Balaban J connectivity index is 1.51. The van der Waals surface area contributed by atoms with E-state index in [4.69, 9.17) is 16.3 Å². The smallest absolute Gasteiger partial charge is 0.257 e. The summed E-state index contributed by atoms with van der Waals surface area (Å²) in [6, 6.07) is 15.5. The Morgan fingerprint density at radius 2 is 1.93 bits per heavy atom. The molecule has 138 valence electrons. The maximum Gasteiger partial charge on any atom is 0.257 e. The van der Waals surface area contributed by atoms with Crippen LogP contribution in [0.5, 0.6) is 5.75 Å². The molecule has 1 unspecified atom stereocenters. The Kier molecular flexibility index (Phi) is 4.86. The molecule has 0 bridgehead atoms. The van der Waals surface area contributed by atoms with Crippen molar-refractivity contribution in [2.45, 2.75) is 12.3 Å². The molecule has 1 atom stereocenters. The molecular weight excluding hydrogens is 362 g/mol. The van der Waals surface area contributed by atoms with E-state index in [0.717, 1.165) is 30.0 Å². The van der Waals surface area contributed by atoms with Crippen molar-refractivity contribution in [1.29, 1.82) is 0 Å². The number of hydrogen-bond acceptors (Lipinski definition) is 3. The fourth-order valence-electron chi connectivity index (χ4n) is 3.55. The molecule has 0 radical (unpaired) electrons. The maximum absolute atomic E-state index is 13.1. The van der Waals surface area contributed by atoms with E-state index in [9.17, 15) is 4.79 Å². The first-order valence-corrected chi connectivity index (χ1v) is 9.26. The molecule has 2 heterocycles. The molecule has 1 N–H and O–H groups in total. The molecule has 6 heteroatoms. The van der Waals surface area contributed by atoms with Crippen molar-refractivity contribution in [1.82, 2.24) is 15.1 Å². The average Bonchev–Trinajstić information content (AvgIpc) is 3.38. The van der Waals surface area contributed by atoms with Crippen molar-refractivity contribution in [2.24, 2.45) is 0 Å². The highest BCUT2D eigenvalue weighted by atomic mass is 35.5. The number of likely N-dealkylation sites (tertiary alicyclic amines) is 1. The lowest BCUT2D eigenvalue weighted by atomic mass is 9.98. The minimum Gasteiger partial charge on any atom is -0.497 e. The molecule has 27 heavy (non-hydrogen) atoms. The zero-order chi connectivity index (χ0) is 18.8. The number of aromatic amines is 1. The third kappa shape index (κ3) is 3.55. The van der Waals surface area contributed by atoms with Gasteiger partial charge in [0.2, 0.25) is 0 Å². The number of nitrogens with one attached hydrogen (secondary N) is 1. The second-order valence-electron chi connectivity index (χ2n) is 6.68. The van der Waals surface area contributed by atoms with Gasteiger partial charge in [0.05, 0.1) is 24.6 Å². The van der Waals surface area contributed by atoms with E-state index in [2.05, 4.69) is 22.3 Å². The van der Waals surface area contributed by atoms with Gasteiger partial charge in [-0.25, -0.2) is 0 Å². The molecule has 0 aliphatic carbocycles. The van der Waals surface area contributed by atoms with Crippen molar-refractivity contribution in [3.63, 3.8) is 0 Å². The van der Waals surface area contributed by atoms with Gasteiger partial charge in [0.25, 0.3) is 5.91 Å². The topological polar surface area (TPSA) is 58.2 Å². The highest BCUT2D eigenvalue weighted by Gasteiger charge is 2.30. The summed E-state index contributed by atoms with van der Waals surface area (Å²) in [7, 11) is 1.66. The van der Waals surface area contributed by atoms with Gasteiger partial charge in [-0.15, -0.1) is 0 Å². The van der Waals surface area contributed by atoms with Crippen LogP contribution in [0, 0.1) is 0 Å². The van der Waals surface area contributed by atoms with Gasteiger partial charge in [-0.2, -0.15) is 5.10 Å². The van der Waals surface area contributed by atoms with Crippen molar-refractivity contribution in [2.75, 3.05) is 20.2 Å². The summed E-state index contributed by atoms with van der Waals surface area (Å²) in [4.78, 5) is 15.0. The number of nitrogens with zero attached hydrogens (tertiary/aromatic N) is 2. The van der Waals surface area contributed by atoms with Crippen molar-refractivity contribution < 1.29 is 9.53 Å². The van der Waals surface area contributed by atoms with Crippen LogP contribution in [0.15, 0.2) is 54.7 Å². The van der Waals surface area contributed by atoms with Crippen molar-refractivity contribution >= 4 is 17.5 Å². The summed E-state index contributed by atoms with van der Waals surface area (Å²) < 4.78 is 5.22. The lowest BCUT2D eigenvalue weighted by Gasteiger charge is -2.17. The van der Waals surface area contributed by atoms with Crippen LogP contribution >= 0.6 is 11.6 Å². The van der Waals surface area contributed by atoms with E-state index in [1.165, 1.54) is 5.56 Å². The molecule has 1 amide bonds. The molecule has 1 aliphatic heterocycles. The highest BCUT2D eigenvalue weighted by molar-refractivity contribution is 6.30. The fourth-order valence-corrected chi connectivity index (χ4v) is 3.67. The number of halogens is 1. The first-order chi connectivity index (χ1) is 13.2. The Labute approximate surface area is 162 Å². The third-order valence-electron chi connectivity index (χ3n) is 5.07. The number of aromatic nitrogens is 2. The van der Waals surface area contributed by atoms with E-state index in [-0.39, 0.29) is 5.91 Å². The van der Waals surface area contributed by atoms with Crippen LogP contribution in [0.1, 0.15) is 28.3 Å². The fraction of sp³-hybridized carbons (Fsp3) is 0.238. The number of carbonyl (C=O) groups is 1. The van der Waals surface area contributed by atoms with Crippen LogP contribution in [0.25, 0.3) is 11.3 Å². The van der Waals surface area contributed by atoms with Crippen molar-refractivity contribution in [3.05, 3.63) is 70.9 Å². The second kappa shape index (κ2) is 7.45. The van der Waals surface area contributed by atoms with E-state index < -0.39 is 0 Å². The molecule has 2 aromatic carbocycles. The van der Waals surface area contributed by atoms with Gasteiger partial charge in [0.15, 0.2) is 0 Å². The van der Waals surface area contributed by atoms with Gasteiger partial charge in [0.1, 0.15) is 5.75 Å². The molecule has 0 spiro atoms. The molecule has 5 nitrogen and oxygen atoms in total. The van der Waals surface area contributed by atoms with Gasteiger partial charge in [-0.3, -0.25) is 9.89 Å². The van der Waals surface area contributed by atoms with Crippen LogP contribution in [0.2, 0.25) is 5.02 Å². The van der Waals surface area contributed by atoms with Crippen LogP contribution in [0.4, 0.5) is 0 Å². The van der Waals surface area contributed by atoms with Gasteiger partial charge >= 0.3 is 0 Å². The predicted molar refractivity (Wildman–Crippen MR) is 105 cm³/mol. The average molecular weight is 382 g/mol. The quantitative estimate of drug-likeness (QED) is 0.730. The second-order valence-corrected chi connectivity index (χ2v) is 7.11. The summed E-state index contributed by atoms with van der Waals surface area (Å²) in [5, 5.41) is 7.70. The lowest BCUT2D eigenvalue weighted by Crippen LogP contribution is -2.28. The number of methoxy groups -OCH3 is 1. The summed E-state index contributed by atoms with van der Waals surface area (Å²) in [6.45, 7) is 1.44. The zero-order valence-corrected chi connectivity index (χ0v) is 15.7. The monoisotopic (exact) mass is 381 g/mol. The third-order valence-corrected chi connectivity index (χ3v) is 5.32. The molecule has 1 saturated heterocycles.